The molecule has 2 aliphatic rings. The molecule has 0 aromatic carbocycles. The normalized spacial score (nSPS) is 27.0. The van der Waals surface area contributed by atoms with Crippen molar-refractivity contribution in [1.82, 2.24) is 0 Å². The van der Waals surface area contributed by atoms with E-state index in [0.29, 0.717) is 0 Å². The predicted molar refractivity (Wildman–Crippen MR) is 94.5 cm³/mol. The summed E-state index contributed by atoms with van der Waals surface area (Å²) < 4.78 is 33.8. The summed E-state index contributed by atoms with van der Waals surface area (Å²) in [4.78, 5) is 12.0. The SMILES string of the molecule is C=C[C@@H]1OC2(CCCCC2)O[C@@H]1[C@H](OCOC)[C@H](OC)C(=C)C(=O)OC. The van der Waals surface area contributed by atoms with Crippen LogP contribution in [0.1, 0.15) is 32.1 Å². The lowest BCUT2D eigenvalue weighted by Gasteiger charge is -2.34. The Morgan fingerprint density at radius 1 is 1.23 bits per heavy atom. The van der Waals surface area contributed by atoms with Crippen molar-refractivity contribution < 1.29 is 33.2 Å². The summed E-state index contributed by atoms with van der Waals surface area (Å²) in [5.74, 6) is -1.20. The van der Waals surface area contributed by atoms with E-state index in [1.54, 1.807) is 6.08 Å². The molecule has 2 rings (SSSR count). The third-order valence-corrected chi connectivity index (χ3v) is 4.92. The molecule has 1 aliphatic heterocycles. The maximum absolute atomic E-state index is 12.0. The van der Waals surface area contributed by atoms with Crippen molar-refractivity contribution in [3.8, 4) is 0 Å². The van der Waals surface area contributed by atoms with Gasteiger partial charge in [-0.2, -0.15) is 0 Å². The number of esters is 1. The van der Waals surface area contributed by atoms with Crippen LogP contribution in [0.3, 0.4) is 0 Å². The molecule has 1 saturated heterocycles. The molecule has 7 nitrogen and oxygen atoms in total. The van der Waals surface area contributed by atoms with Gasteiger partial charge in [-0.25, -0.2) is 4.79 Å². The van der Waals surface area contributed by atoms with E-state index < -0.39 is 36.2 Å². The van der Waals surface area contributed by atoms with Gasteiger partial charge in [0.2, 0.25) is 0 Å². The van der Waals surface area contributed by atoms with E-state index in [1.807, 2.05) is 0 Å². The molecule has 26 heavy (non-hydrogen) atoms. The first kappa shape index (κ1) is 21.1. The van der Waals surface area contributed by atoms with Gasteiger partial charge in [0.25, 0.3) is 0 Å². The maximum Gasteiger partial charge on any atom is 0.335 e. The van der Waals surface area contributed by atoms with Gasteiger partial charge in [-0.05, 0) is 12.8 Å². The first-order valence-electron chi connectivity index (χ1n) is 8.90. The van der Waals surface area contributed by atoms with Gasteiger partial charge < -0.3 is 28.4 Å². The molecular formula is C19H30O7. The summed E-state index contributed by atoms with van der Waals surface area (Å²) in [6, 6.07) is 0. The van der Waals surface area contributed by atoms with Crippen LogP contribution in [0, 0.1) is 0 Å². The van der Waals surface area contributed by atoms with Crippen LogP contribution in [-0.2, 0) is 33.2 Å². The maximum atomic E-state index is 12.0. The first-order chi connectivity index (χ1) is 12.5. The highest BCUT2D eigenvalue weighted by molar-refractivity contribution is 5.88. The Labute approximate surface area is 155 Å². The molecule has 1 heterocycles. The molecule has 0 unspecified atom stereocenters. The van der Waals surface area contributed by atoms with Gasteiger partial charge >= 0.3 is 5.97 Å². The molecule has 0 bridgehead atoms. The van der Waals surface area contributed by atoms with Crippen molar-refractivity contribution in [1.29, 1.82) is 0 Å². The van der Waals surface area contributed by atoms with Crippen molar-refractivity contribution >= 4 is 5.97 Å². The Morgan fingerprint density at radius 2 is 1.92 bits per heavy atom. The standard InChI is InChI=1S/C19H30O7/c1-6-14-16(26-19(25-14)10-8-7-9-11-19)17(24-12-21-3)15(22-4)13(2)18(20)23-5/h6,14-17H,1-2,7-12H2,3-5H3/t14-,15+,16-,17+/m0/s1. The van der Waals surface area contributed by atoms with Crippen LogP contribution in [-0.4, -0.2) is 64.3 Å². The summed E-state index contributed by atoms with van der Waals surface area (Å²) in [6.45, 7) is 7.69. The van der Waals surface area contributed by atoms with Gasteiger partial charge in [0, 0.05) is 27.1 Å². The van der Waals surface area contributed by atoms with Crippen LogP contribution in [0.25, 0.3) is 0 Å². The van der Waals surface area contributed by atoms with E-state index in [4.69, 9.17) is 28.4 Å². The van der Waals surface area contributed by atoms with Gasteiger partial charge in [-0.3, -0.25) is 0 Å². The largest absolute Gasteiger partial charge is 0.466 e. The van der Waals surface area contributed by atoms with Crippen molar-refractivity contribution in [2.75, 3.05) is 28.1 Å². The lowest BCUT2D eigenvalue weighted by molar-refractivity contribution is -0.214. The number of hydrogen-bond donors (Lipinski definition) is 0. The molecule has 1 aliphatic carbocycles. The highest BCUT2D eigenvalue weighted by Crippen LogP contribution is 2.43. The smallest absolute Gasteiger partial charge is 0.335 e. The third-order valence-electron chi connectivity index (χ3n) is 4.92. The fraction of sp³-hybridized carbons (Fsp3) is 0.737. The van der Waals surface area contributed by atoms with E-state index in [9.17, 15) is 4.79 Å². The van der Waals surface area contributed by atoms with E-state index in [2.05, 4.69) is 13.2 Å². The third kappa shape index (κ3) is 4.53. The number of carbonyl (C=O) groups excluding carboxylic acids is 1. The van der Waals surface area contributed by atoms with E-state index >= 15 is 0 Å². The molecule has 1 spiro atoms. The second-order valence-electron chi connectivity index (χ2n) is 6.58. The second-order valence-corrected chi connectivity index (χ2v) is 6.58. The average Bonchev–Trinajstić information content (AvgIpc) is 3.02. The minimum Gasteiger partial charge on any atom is -0.466 e. The number of hydrogen-bond acceptors (Lipinski definition) is 7. The molecule has 1 saturated carbocycles. The summed E-state index contributed by atoms with van der Waals surface area (Å²) in [7, 11) is 4.30. The van der Waals surface area contributed by atoms with Crippen LogP contribution in [0.4, 0.5) is 0 Å². The fourth-order valence-electron chi connectivity index (χ4n) is 3.64. The van der Waals surface area contributed by atoms with Crippen molar-refractivity contribution in [3.63, 3.8) is 0 Å². The van der Waals surface area contributed by atoms with Gasteiger partial charge in [-0.15, -0.1) is 6.58 Å². The summed E-state index contributed by atoms with van der Waals surface area (Å²) >= 11 is 0. The summed E-state index contributed by atoms with van der Waals surface area (Å²) in [5.41, 5.74) is 0.145. The molecule has 0 amide bonds. The van der Waals surface area contributed by atoms with Crippen molar-refractivity contribution in [3.05, 3.63) is 24.8 Å². The Balaban J connectivity index is 2.26. The number of methoxy groups -OCH3 is 3. The second kappa shape index (κ2) is 9.62. The zero-order valence-corrected chi connectivity index (χ0v) is 15.9. The number of rotatable bonds is 9. The predicted octanol–water partition coefficient (Wildman–Crippen LogP) is 2.35. The van der Waals surface area contributed by atoms with Crippen LogP contribution in [0.15, 0.2) is 24.8 Å². The number of ether oxygens (including phenoxy) is 6. The molecular weight excluding hydrogens is 340 g/mol. The molecule has 0 N–H and O–H groups in total. The monoisotopic (exact) mass is 370 g/mol. The van der Waals surface area contributed by atoms with Crippen LogP contribution < -0.4 is 0 Å². The molecule has 0 aromatic rings. The molecule has 7 heteroatoms. The van der Waals surface area contributed by atoms with Crippen LogP contribution >= 0.6 is 0 Å². The summed E-state index contributed by atoms with van der Waals surface area (Å²) in [6.07, 6.45) is 4.26. The van der Waals surface area contributed by atoms with Gasteiger partial charge in [0.1, 0.15) is 31.2 Å². The molecule has 0 aromatic heterocycles. The first-order valence-corrected chi connectivity index (χ1v) is 8.90. The van der Waals surface area contributed by atoms with Crippen LogP contribution in [0.2, 0.25) is 0 Å². The molecule has 4 atom stereocenters. The van der Waals surface area contributed by atoms with E-state index in [-0.39, 0.29) is 12.4 Å². The van der Waals surface area contributed by atoms with Crippen LogP contribution in [0.5, 0.6) is 0 Å². The van der Waals surface area contributed by atoms with Crippen molar-refractivity contribution in [2.45, 2.75) is 62.3 Å². The molecule has 2 fully saturated rings. The lowest BCUT2D eigenvalue weighted by Crippen LogP contribution is -2.48. The van der Waals surface area contributed by atoms with Gasteiger partial charge in [-0.1, -0.05) is 19.1 Å². The molecule has 0 radical (unpaired) electrons. The van der Waals surface area contributed by atoms with E-state index in [1.165, 1.54) is 27.8 Å². The Morgan fingerprint density at radius 3 is 2.46 bits per heavy atom. The highest BCUT2D eigenvalue weighted by Gasteiger charge is 2.52. The topological polar surface area (TPSA) is 72.5 Å². The minimum atomic E-state index is -0.771. The minimum absolute atomic E-state index is 0.00963. The Bertz CT molecular complexity index is 498. The summed E-state index contributed by atoms with van der Waals surface area (Å²) in [5, 5.41) is 0. The molecule has 148 valence electrons. The highest BCUT2D eigenvalue weighted by atomic mass is 16.8. The van der Waals surface area contributed by atoms with E-state index in [0.717, 1.165) is 25.7 Å². The zero-order valence-electron chi connectivity index (χ0n) is 15.9. The van der Waals surface area contributed by atoms with Crippen molar-refractivity contribution in [2.24, 2.45) is 0 Å². The Kier molecular flexibility index (Phi) is 7.79. The fourth-order valence-corrected chi connectivity index (χ4v) is 3.64. The average molecular weight is 370 g/mol. The van der Waals surface area contributed by atoms with Gasteiger partial charge in [0.05, 0.1) is 12.7 Å². The zero-order chi connectivity index (χ0) is 19.2. The quantitative estimate of drug-likeness (QED) is 0.267. The number of carbonyl (C=O) groups is 1. The lowest BCUT2D eigenvalue weighted by atomic mass is 9.94. The Hall–Kier alpha value is -1.25. The van der Waals surface area contributed by atoms with Gasteiger partial charge in [0.15, 0.2) is 5.79 Å².